The fraction of sp³-hybridized carbons (Fsp3) is 0.947. The van der Waals surface area contributed by atoms with E-state index in [1.165, 1.54) is 0 Å². The van der Waals surface area contributed by atoms with Crippen molar-refractivity contribution < 1.29 is 28.5 Å². The number of alkyl halides is 1. The number of nitrogens with zero attached hydrogens (tertiary/aromatic N) is 1. The number of halogens is 1. The molecule has 1 saturated carbocycles. The van der Waals surface area contributed by atoms with Crippen LogP contribution in [0.3, 0.4) is 0 Å². The van der Waals surface area contributed by atoms with Crippen molar-refractivity contribution in [2.75, 3.05) is 13.1 Å². The van der Waals surface area contributed by atoms with Gasteiger partial charge in [-0.15, -0.1) is 0 Å². The maximum Gasteiger partial charge on any atom is 0.227 e. The molecule has 0 aromatic carbocycles. The summed E-state index contributed by atoms with van der Waals surface area (Å²) in [5.41, 5.74) is 0. The molecule has 8 atom stereocenters. The van der Waals surface area contributed by atoms with Gasteiger partial charge >= 0.3 is 0 Å². The molecule has 0 radical (unpaired) electrons. The Morgan fingerprint density at radius 1 is 0.889 bits per heavy atom. The van der Waals surface area contributed by atoms with E-state index in [4.69, 9.17) is 23.7 Å². The first-order chi connectivity index (χ1) is 12.6. The van der Waals surface area contributed by atoms with Gasteiger partial charge in [0.1, 0.15) is 18.3 Å². The van der Waals surface area contributed by atoms with Crippen LogP contribution in [-0.4, -0.2) is 71.0 Å². The van der Waals surface area contributed by atoms with E-state index in [1.54, 1.807) is 0 Å². The Balaban J connectivity index is 1.57. The summed E-state index contributed by atoms with van der Waals surface area (Å²) in [6, 6.07) is 0. The third kappa shape index (κ3) is 3.36. The van der Waals surface area contributed by atoms with E-state index < -0.39 is 17.9 Å². The topological polar surface area (TPSA) is 66.5 Å². The van der Waals surface area contributed by atoms with Gasteiger partial charge in [0.15, 0.2) is 17.9 Å². The third-order valence-electron chi connectivity index (χ3n) is 5.91. The van der Waals surface area contributed by atoms with Crippen molar-refractivity contribution in [2.45, 2.75) is 88.6 Å². The maximum absolute atomic E-state index is 12.9. The number of rotatable bonds is 4. The molecule has 3 aliphatic heterocycles. The van der Waals surface area contributed by atoms with E-state index in [1.807, 2.05) is 46.4 Å². The lowest BCUT2D eigenvalue weighted by Gasteiger charge is -2.37. The van der Waals surface area contributed by atoms with Crippen molar-refractivity contribution in [2.24, 2.45) is 11.8 Å². The minimum Gasteiger partial charge on any atom is -0.343 e. The molecule has 27 heavy (non-hydrogen) atoms. The first-order valence-corrected chi connectivity index (χ1v) is 10.8. The quantitative estimate of drug-likeness (QED) is 0.615. The predicted molar refractivity (Wildman–Crippen MR) is 100 cm³/mol. The lowest BCUT2D eigenvalue weighted by molar-refractivity contribution is -0.239. The van der Waals surface area contributed by atoms with Crippen molar-refractivity contribution in [3.8, 4) is 0 Å². The Morgan fingerprint density at radius 2 is 1.41 bits per heavy atom. The van der Waals surface area contributed by atoms with E-state index in [9.17, 15) is 4.79 Å². The largest absolute Gasteiger partial charge is 0.343 e. The molecule has 0 bridgehead atoms. The van der Waals surface area contributed by atoms with E-state index in [-0.39, 0.29) is 47.0 Å². The standard InChI is InChI=1S/C19H30BrNO6/c1-7-21(8-2)16(22)10-9(11(10)20)12-13-14(25-18(3,4)24-13)15-17(23-12)27-19(5,6)26-15/h9-15,17H,7-8H2,1-6H3/t9-,10+,11+,12+,13-,14-,15+,17+/m0/s1. The predicted octanol–water partition coefficient (Wildman–Crippen LogP) is 2.26. The minimum absolute atomic E-state index is 0.0244. The number of hydrogen-bond donors (Lipinski definition) is 0. The highest BCUT2D eigenvalue weighted by molar-refractivity contribution is 9.09. The summed E-state index contributed by atoms with van der Waals surface area (Å²) >= 11 is 3.70. The van der Waals surface area contributed by atoms with Gasteiger partial charge in [0.05, 0.1) is 12.0 Å². The van der Waals surface area contributed by atoms with Crippen LogP contribution in [0.4, 0.5) is 0 Å². The van der Waals surface area contributed by atoms with Crippen molar-refractivity contribution in [1.82, 2.24) is 4.90 Å². The zero-order valence-electron chi connectivity index (χ0n) is 16.8. The number of carbonyl (C=O) groups is 1. The van der Waals surface area contributed by atoms with Crippen LogP contribution in [0.2, 0.25) is 0 Å². The summed E-state index contributed by atoms with van der Waals surface area (Å²) in [5.74, 6) is -1.39. The van der Waals surface area contributed by atoms with Gasteiger partial charge in [-0.2, -0.15) is 0 Å². The minimum atomic E-state index is -0.737. The molecular formula is C19H30BrNO6. The van der Waals surface area contributed by atoms with Crippen LogP contribution in [0.25, 0.3) is 0 Å². The monoisotopic (exact) mass is 447 g/mol. The van der Waals surface area contributed by atoms with Crippen LogP contribution in [0.15, 0.2) is 0 Å². The molecule has 4 fully saturated rings. The van der Waals surface area contributed by atoms with E-state index in [2.05, 4.69) is 15.9 Å². The highest BCUT2D eigenvalue weighted by atomic mass is 79.9. The Bertz CT molecular complexity index is 609. The second kappa shape index (κ2) is 6.64. The Hall–Kier alpha value is -0.250. The lowest BCUT2D eigenvalue weighted by Crippen LogP contribution is -2.56. The van der Waals surface area contributed by atoms with Crippen molar-refractivity contribution in [3.63, 3.8) is 0 Å². The summed E-state index contributed by atoms with van der Waals surface area (Å²) in [7, 11) is 0. The van der Waals surface area contributed by atoms with Gasteiger partial charge in [0.25, 0.3) is 0 Å². The molecule has 0 aromatic rings. The summed E-state index contributed by atoms with van der Waals surface area (Å²) in [4.78, 5) is 14.8. The van der Waals surface area contributed by atoms with Crippen LogP contribution in [-0.2, 0) is 28.5 Å². The van der Waals surface area contributed by atoms with Crippen LogP contribution >= 0.6 is 15.9 Å². The second-order valence-corrected chi connectivity index (χ2v) is 9.75. The molecule has 3 heterocycles. The summed E-state index contributed by atoms with van der Waals surface area (Å²) in [6.45, 7) is 13.0. The molecule has 4 aliphatic rings. The van der Waals surface area contributed by atoms with E-state index in [0.29, 0.717) is 13.1 Å². The SMILES string of the molecule is CCN(CC)C(=O)[C@H]1[C@H](Br)[C@H]1[C@H]1O[C@@H]2OC(C)(C)O[C@@H]2[C@H]2OC(C)(C)O[C@H]21. The van der Waals surface area contributed by atoms with Crippen LogP contribution in [0.5, 0.6) is 0 Å². The molecule has 154 valence electrons. The van der Waals surface area contributed by atoms with Gasteiger partial charge in [-0.1, -0.05) is 15.9 Å². The molecule has 1 amide bonds. The molecule has 1 aliphatic carbocycles. The zero-order valence-corrected chi connectivity index (χ0v) is 18.4. The first-order valence-electron chi connectivity index (χ1n) is 9.88. The highest BCUT2D eigenvalue weighted by Gasteiger charge is 2.68. The Morgan fingerprint density at radius 3 is 2.00 bits per heavy atom. The molecule has 3 saturated heterocycles. The van der Waals surface area contributed by atoms with Crippen molar-refractivity contribution in [1.29, 1.82) is 0 Å². The molecule has 0 spiro atoms. The van der Waals surface area contributed by atoms with Crippen molar-refractivity contribution in [3.05, 3.63) is 0 Å². The van der Waals surface area contributed by atoms with Crippen LogP contribution < -0.4 is 0 Å². The third-order valence-corrected chi connectivity index (χ3v) is 7.09. The Kier molecular flexibility index (Phi) is 4.93. The molecule has 0 aromatic heterocycles. The molecular weight excluding hydrogens is 418 g/mol. The average molecular weight is 448 g/mol. The van der Waals surface area contributed by atoms with Gasteiger partial charge in [-0.05, 0) is 41.5 Å². The molecule has 0 N–H and O–H groups in total. The normalized spacial score (nSPS) is 46.6. The summed E-state index contributed by atoms with van der Waals surface area (Å²) in [5, 5.41) is 0. The number of amides is 1. The zero-order chi connectivity index (χ0) is 19.7. The number of hydrogen-bond acceptors (Lipinski definition) is 6. The number of fused-ring (bicyclic) bond motifs is 3. The van der Waals surface area contributed by atoms with Crippen LogP contribution in [0.1, 0.15) is 41.5 Å². The van der Waals surface area contributed by atoms with Gasteiger partial charge in [0, 0.05) is 23.8 Å². The van der Waals surface area contributed by atoms with E-state index >= 15 is 0 Å². The molecule has 7 nitrogen and oxygen atoms in total. The van der Waals surface area contributed by atoms with Gasteiger partial charge < -0.3 is 28.6 Å². The summed E-state index contributed by atoms with van der Waals surface area (Å²) < 4.78 is 30.7. The summed E-state index contributed by atoms with van der Waals surface area (Å²) in [6.07, 6.45) is -1.72. The van der Waals surface area contributed by atoms with Gasteiger partial charge in [-0.3, -0.25) is 4.79 Å². The fourth-order valence-electron chi connectivity index (χ4n) is 4.68. The molecule has 8 heteroatoms. The smallest absolute Gasteiger partial charge is 0.227 e. The maximum atomic E-state index is 12.9. The van der Waals surface area contributed by atoms with Gasteiger partial charge in [-0.25, -0.2) is 0 Å². The fourth-order valence-corrected chi connectivity index (χ4v) is 5.71. The number of ether oxygens (including phenoxy) is 5. The first kappa shape index (κ1) is 20.0. The Labute approximate surface area is 169 Å². The lowest BCUT2D eigenvalue weighted by atomic mass is 9.95. The van der Waals surface area contributed by atoms with Crippen LogP contribution in [0, 0.1) is 11.8 Å². The van der Waals surface area contributed by atoms with Crippen molar-refractivity contribution >= 4 is 21.8 Å². The van der Waals surface area contributed by atoms with Gasteiger partial charge in [0.2, 0.25) is 5.91 Å². The van der Waals surface area contributed by atoms with E-state index in [0.717, 1.165) is 0 Å². The molecule has 0 unspecified atom stereocenters. The number of carbonyl (C=O) groups excluding carboxylic acids is 1. The second-order valence-electron chi connectivity index (χ2n) is 8.69. The molecule has 4 rings (SSSR count). The highest BCUT2D eigenvalue weighted by Crippen LogP contribution is 2.55. The average Bonchev–Trinajstić information content (AvgIpc) is 2.94.